The largest absolute Gasteiger partial charge is 0.469 e. The minimum absolute atomic E-state index is 0.0898. The first kappa shape index (κ1) is 7.32. The van der Waals surface area contributed by atoms with Gasteiger partial charge in [-0.2, -0.15) is 0 Å². The lowest BCUT2D eigenvalue weighted by Gasteiger charge is -1.95. The van der Waals surface area contributed by atoms with Gasteiger partial charge in [-0.1, -0.05) is 12.2 Å². The van der Waals surface area contributed by atoms with Crippen LogP contribution in [0, 0.1) is 11.8 Å². The molecule has 1 aliphatic carbocycles. The van der Waals surface area contributed by atoms with Crippen LogP contribution in [-0.4, -0.2) is 13.1 Å². The predicted molar refractivity (Wildman–Crippen MR) is 38.4 cm³/mol. The third-order valence-electron chi connectivity index (χ3n) is 1.93. The number of hydrogen-bond acceptors (Lipinski definition) is 2. The van der Waals surface area contributed by atoms with Gasteiger partial charge in [0.05, 0.1) is 13.0 Å². The van der Waals surface area contributed by atoms with Crippen LogP contribution in [0.4, 0.5) is 0 Å². The molecule has 0 aromatic heterocycles. The number of methoxy groups -OCH3 is 1. The zero-order valence-electron chi connectivity index (χ0n) is 6.39. The Hall–Kier alpha value is -0.790. The second kappa shape index (κ2) is 2.45. The summed E-state index contributed by atoms with van der Waals surface area (Å²) in [5, 5.41) is 0. The monoisotopic (exact) mass is 140 g/mol. The molecule has 1 fully saturated rings. The standard InChI is InChI=1S/C8H12O2/c1-5(2)6-4-7(6)8(9)10-3/h6-7H,1,4H2,2-3H3. The van der Waals surface area contributed by atoms with Gasteiger partial charge in [0.2, 0.25) is 0 Å². The summed E-state index contributed by atoms with van der Waals surface area (Å²) in [5.74, 6) is 0.419. The Labute approximate surface area is 60.9 Å². The summed E-state index contributed by atoms with van der Waals surface area (Å²) in [6.07, 6.45) is 0.933. The summed E-state index contributed by atoms with van der Waals surface area (Å²) in [5.41, 5.74) is 1.09. The Morgan fingerprint density at radius 1 is 1.60 bits per heavy atom. The quantitative estimate of drug-likeness (QED) is 0.427. The molecule has 0 heterocycles. The number of rotatable bonds is 2. The molecule has 0 aromatic carbocycles. The summed E-state index contributed by atoms with van der Waals surface area (Å²) < 4.78 is 4.57. The molecular formula is C8H12O2. The van der Waals surface area contributed by atoms with Gasteiger partial charge in [0.1, 0.15) is 0 Å². The van der Waals surface area contributed by atoms with Crippen molar-refractivity contribution < 1.29 is 9.53 Å². The number of carbonyl (C=O) groups is 1. The third-order valence-corrected chi connectivity index (χ3v) is 1.93. The highest BCUT2D eigenvalue weighted by molar-refractivity contribution is 5.76. The lowest BCUT2D eigenvalue weighted by molar-refractivity contribution is -0.142. The number of carbonyl (C=O) groups excluding carboxylic acids is 1. The fourth-order valence-electron chi connectivity index (χ4n) is 1.15. The fourth-order valence-corrected chi connectivity index (χ4v) is 1.15. The van der Waals surface area contributed by atoms with E-state index >= 15 is 0 Å². The summed E-state index contributed by atoms with van der Waals surface area (Å²) in [6, 6.07) is 0. The average Bonchev–Trinajstić information content (AvgIpc) is 2.64. The van der Waals surface area contributed by atoms with E-state index in [0.717, 1.165) is 12.0 Å². The van der Waals surface area contributed by atoms with Gasteiger partial charge in [0.25, 0.3) is 0 Å². The lowest BCUT2D eigenvalue weighted by Crippen LogP contribution is -2.04. The first-order valence-electron chi connectivity index (χ1n) is 3.40. The Bertz CT molecular complexity index is 172. The molecule has 0 spiro atoms. The highest BCUT2D eigenvalue weighted by Crippen LogP contribution is 2.43. The van der Waals surface area contributed by atoms with Crippen LogP contribution >= 0.6 is 0 Å². The van der Waals surface area contributed by atoms with E-state index in [2.05, 4.69) is 11.3 Å². The van der Waals surface area contributed by atoms with Crippen LogP contribution < -0.4 is 0 Å². The van der Waals surface area contributed by atoms with E-state index < -0.39 is 0 Å². The minimum Gasteiger partial charge on any atom is -0.469 e. The first-order chi connectivity index (χ1) is 4.66. The van der Waals surface area contributed by atoms with Crippen LogP contribution in [-0.2, 0) is 9.53 Å². The predicted octanol–water partition coefficient (Wildman–Crippen LogP) is 1.37. The van der Waals surface area contributed by atoms with E-state index in [1.807, 2.05) is 6.92 Å². The van der Waals surface area contributed by atoms with Gasteiger partial charge in [0, 0.05) is 0 Å². The van der Waals surface area contributed by atoms with Crippen LogP contribution in [0.2, 0.25) is 0 Å². The van der Waals surface area contributed by atoms with E-state index in [4.69, 9.17) is 0 Å². The third kappa shape index (κ3) is 1.20. The molecule has 2 unspecified atom stereocenters. The van der Waals surface area contributed by atoms with Crippen LogP contribution in [0.1, 0.15) is 13.3 Å². The highest BCUT2D eigenvalue weighted by Gasteiger charge is 2.44. The Balaban J connectivity index is 2.38. The van der Waals surface area contributed by atoms with Crippen molar-refractivity contribution in [3.05, 3.63) is 12.2 Å². The molecule has 1 aliphatic rings. The molecule has 1 saturated carbocycles. The van der Waals surface area contributed by atoms with Crippen molar-refractivity contribution in [3.63, 3.8) is 0 Å². The van der Waals surface area contributed by atoms with Crippen LogP contribution in [0.5, 0.6) is 0 Å². The minimum atomic E-state index is -0.0898. The number of esters is 1. The molecule has 10 heavy (non-hydrogen) atoms. The van der Waals surface area contributed by atoms with E-state index in [0.29, 0.717) is 5.92 Å². The first-order valence-corrected chi connectivity index (χ1v) is 3.40. The van der Waals surface area contributed by atoms with Gasteiger partial charge in [-0.05, 0) is 19.3 Å². The second-order valence-corrected chi connectivity index (χ2v) is 2.82. The smallest absolute Gasteiger partial charge is 0.309 e. The second-order valence-electron chi connectivity index (χ2n) is 2.82. The molecule has 1 rings (SSSR count). The van der Waals surface area contributed by atoms with Gasteiger partial charge < -0.3 is 4.74 Å². The molecular weight excluding hydrogens is 128 g/mol. The highest BCUT2D eigenvalue weighted by atomic mass is 16.5. The molecule has 0 saturated heterocycles. The summed E-state index contributed by atoms with van der Waals surface area (Å²) in [6.45, 7) is 5.73. The van der Waals surface area contributed by atoms with Gasteiger partial charge in [-0.25, -0.2) is 0 Å². The van der Waals surface area contributed by atoms with Crippen molar-refractivity contribution in [1.29, 1.82) is 0 Å². The van der Waals surface area contributed by atoms with Crippen molar-refractivity contribution >= 4 is 5.97 Å². The zero-order chi connectivity index (χ0) is 7.72. The molecule has 0 bridgehead atoms. The maximum atomic E-state index is 10.8. The fraction of sp³-hybridized carbons (Fsp3) is 0.625. The van der Waals surface area contributed by atoms with Gasteiger partial charge in [-0.3, -0.25) is 4.79 Å². The molecule has 2 heteroatoms. The molecule has 0 N–H and O–H groups in total. The van der Waals surface area contributed by atoms with Crippen LogP contribution in [0.25, 0.3) is 0 Å². The van der Waals surface area contributed by atoms with Gasteiger partial charge in [-0.15, -0.1) is 0 Å². The SMILES string of the molecule is C=C(C)C1CC1C(=O)OC. The van der Waals surface area contributed by atoms with E-state index in [1.165, 1.54) is 7.11 Å². The molecule has 0 aromatic rings. The molecule has 2 nitrogen and oxygen atoms in total. The summed E-state index contributed by atoms with van der Waals surface area (Å²) >= 11 is 0. The normalized spacial score (nSPS) is 29.4. The lowest BCUT2D eigenvalue weighted by atomic mass is 10.2. The molecule has 0 aliphatic heterocycles. The van der Waals surface area contributed by atoms with Crippen molar-refractivity contribution in [2.45, 2.75) is 13.3 Å². The molecule has 0 radical (unpaired) electrons. The van der Waals surface area contributed by atoms with Crippen molar-refractivity contribution in [1.82, 2.24) is 0 Å². The number of ether oxygens (including phenoxy) is 1. The molecule has 0 amide bonds. The van der Waals surface area contributed by atoms with Gasteiger partial charge in [0.15, 0.2) is 0 Å². The zero-order valence-corrected chi connectivity index (χ0v) is 6.39. The van der Waals surface area contributed by atoms with Crippen LogP contribution in [0.15, 0.2) is 12.2 Å². The maximum Gasteiger partial charge on any atom is 0.309 e. The molecule has 56 valence electrons. The topological polar surface area (TPSA) is 26.3 Å². The van der Waals surface area contributed by atoms with E-state index in [1.54, 1.807) is 0 Å². The Morgan fingerprint density at radius 2 is 2.20 bits per heavy atom. The van der Waals surface area contributed by atoms with E-state index in [-0.39, 0.29) is 11.9 Å². The van der Waals surface area contributed by atoms with Crippen molar-refractivity contribution in [3.8, 4) is 0 Å². The summed E-state index contributed by atoms with van der Waals surface area (Å²) in [7, 11) is 1.43. The number of allylic oxidation sites excluding steroid dienone is 1. The number of hydrogen-bond donors (Lipinski definition) is 0. The van der Waals surface area contributed by atoms with Crippen LogP contribution in [0.3, 0.4) is 0 Å². The maximum absolute atomic E-state index is 10.8. The summed E-state index contributed by atoms with van der Waals surface area (Å²) in [4.78, 5) is 10.8. The Morgan fingerprint density at radius 3 is 2.50 bits per heavy atom. The van der Waals surface area contributed by atoms with Crippen molar-refractivity contribution in [2.75, 3.05) is 7.11 Å². The Kier molecular flexibility index (Phi) is 1.79. The average molecular weight is 140 g/mol. The molecule has 2 atom stereocenters. The van der Waals surface area contributed by atoms with E-state index in [9.17, 15) is 4.79 Å². The van der Waals surface area contributed by atoms with Gasteiger partial charge >= 0.3 is 5.97 Å². The van der Waals surface area contributed by atoms with Crippen molar-refractivity contribution in [2.24, 2.45) is 11.8 Å².